The molecule has 0 aromatic rings. The Bertz CT molecular complexity index is 320. The van der Waals surface area contributed by atoms with E-state index in [0.29, 0.717) is 6.54 Å². The normalized spacial score (nSPS) is 18.2. The van der Waals surface area contributed by atoms with E-state index in [1.807, 2.05) is 0 Å². The molecule has 1 saturated heterocycles. The zero-order valence-corrected chi connectivity index (χ0v) is 9.47. The van der Waals surface area contributed by atoms with Gasteiger partial charge in [0.15, 0.2) is 6.10 Å². The highest BCUT2D eigenvalue weighted by Crippen LogP contribution is 2.00. The summed E-state index contributed by atoms with van der Waals surface area (Å²) in [5, 5.41) is 2.43. The monoisotopic (exact) mass is 245 g/mol. The Morgan fingerprint density at radius 1 is 1.65 bits per heavy atom. The fraction of sp³-hybridized carbons (Fsp3) is 0.667. The summed E-state index contributed by atoms with van der Waals surface area (Å²) in [4.78, 5) is 34.2. The molecule has 0 saturated carbocycles. The first kappa shape index (κ1) is 13.2. The van der Waals surface area contributed by atoms with Gasteiger partial charge in [0.25, 0.3) is 0 Å². The summed E-state index contributed by atoms with van der Waals surface area (Å²) in [5.74, 6) is -0.923. The second kappa shape index (κ2) is 6.04. The molecular weight excluding hydrogens is 230 g/mol. The minimum Gasteiger partial charge on any atom is -0.460 e. The van der Waals surface area contributed by atoms with Crippen LogP contribution >= 0.6 is 0 Å². The number of cyclic esters (lactones) is 1. The fourth-order valence-electron chi connectivity index (χ4n) is 1.19. The zero-order valence-electron chi connectivity index (χ0n) is 9.47. The van der Waals surface area contributed by atoms with E-state index in [9.17, 15) is 14.4 Å². The van der Waals surface area contributed by atoms with Crippen LogP contribution < -0.4 is 11.1 Å². The third kappa shape index (κ3) is 4.27. The summed E-state index contributed by atoms with van der Waals surface area (Å²) in [7, 11) is 1.45. The first-order chi connectivity index (χ1) is 8.02. The number of carbonyl (C=O) groups excluding carboxylic acids is 3. The number of carbonyl (C=O) groups is 3. The van der Waals surface area contributed by atoms with Crippen molar-refractivity contribution in [2.75, 3.05) is 33.3 Å². The SMILES string of the molecule is CN(CC(=O)OC[C@@H]1CNC(=O)O1)C(=O)CN. The van der Waals surface area contributed by atoms with Crippen LogP contribution in [0, 0.1) is 0 Å². The minimum atomic E-state index is -0.572. The summed E-state index contributed by atoms with van der Waals surface area (Å²) in [6.45, 7) is -0.0516. The molecule has 1 aliphatic heterocycles. The maximum Gasteiger partial charge on any atom is 0.407 e. The number of esters is 1. The lowest BCUT2D eigenvalue weighted by atomic mass is 10.4. The summed E-state index contributed by atoms with van der Waals surface area (Å²) in [6, 6.07) is 0. The largest absolute Gasteiger partial charge is 0.460 e. The van der Waals surface area contributed by atoms with Gasteiger partial charge in [0.2, 0.25) is 5.91 Å². The second-order valence-electron chi connectivity index (χ2n) is 3.55. The predicted molar refractivity (Wildman–Crippen MR) is 55.9 cm³/mol. The van der Waals surface area contributed by atoms with Gasteiger partial charge in [0.1, 0.15) is 13.2 Å². The Balaban J connectivity index is 2.21. The molecule has 1 fully saturated rings. The molecule has 0 spiro atoms. The van der Waals surface area contributed by atoms with E-state index < -0.39 is 18.2 Å². The molecule has 0 aromatic carbocycles. The Labute approximate surface area is 98.0 Å². The summed E-state index contributed by atoms with van der Waals surface area (Å²) < 4.78 is 9.61. The lowest BCUT2D eigenvalue weighted by Gasteiger charge is -2.15. The van der Waals surface area contributed by atoms with Crippen LogP contribution in [0.15, 0.2) is 0 Å². The van der Waals surface area contributed by atoms with E-state index in [4.69, 9.17) is 15.2 Å². The molecule has 3 N–H and O–H groups in total. The van der Waals surface area contributed by atoms with Crippen LogP contribution in [0.2, 0.25) is 0 Å². The highest BCUT2D eigenvalue weighted by Gasteiger charge is 2.24. The number of nitrogens with one attached hydrogen (secondary N) is 1. The Morgan fingerprint density at radius 3 is 2.88 bits per heavy atom. The molecule has 17 heavy (non-hydrogen) atoms. The van der Waals surface area contributed by atoms with Crippen LogP contribution in [-0.2, 0) is 19.1 Å². The van der Waals surface area contributed by atoms with Gasteiger partial charge in [-0.2, -0.15) is 0 Å². The van der Waals surface area contributed by atoms with E-state index >= 15 is 0 Å². The van der Waals surface area contributed by atoms with Gasteiger partial charge in [-0.3, -0.25) is 9.59 Å². The highest BCUT2D eigenvalue weighted by molar-refractivity contribution is 5.82. The molecule has 8 heteroatoms. The first-order valence-corrected chi connectivity index (χ1v) is 5.07. The van der Waals surface area contributed by atoms with Crippen LogP contribution in [0.1, 0.15) is 0 Å². The third-order valence-electron chi connectivity index (χ3n) is 2.14. The molecular formula is C9H15N3O5. The highest BCUT2D eigenvalue weighted by atomic mass is 16.6. The van der Waals surface area contributed by atoms with Crippen molar-refractivity contribution in [1.82, 2.24) is 10.2 Å². The minimum absolute atomic E-state index is 0.0256. The van der Waals surface area contributed by atoms with E-state index in [0.717, 1.165) is 0 Å². The first-order valence-electron chi connectivity index (χ1n) is 5.07. The number of hydrogen-bond acceptors (Lipinski definition) is 6. The lowest BCUT2D eigenvalue weighted by Crippen LogP contribution is -2.37. The van der Waals surface area contributed by atoms with Gasteiger partial charge in [-0.05, 0) is 0 Å². The molecule has 8 nitrogen and oxygen atoms in total. The molecule has 0 unspecified atom stereocenters. The molecule has 96 valence electrons. The van der Waals surface area contributed by atoms with Crippen LogP contribution in [0.5, 0.6) is 0 Å². The Hall–Kier alpha value is -1.83. The molecule has 0 radical (unpaired) electrons. The molecule has 2 amide bonds. The van der Waals surface area contributed by atoms with E-state index in [2.05, 4.69) is 5.32 Å². The van der Waals surface area contributed by atoms with Crippen molar-refractivity contribution in [3.05, 3.63) is 0 Å². The van der Waals surface area contributed by atoms with Gasteiger partial charge in [0, 0.05) is 7.05 Å². The van der Waals surface area contributed by atoms with Crippen LogP contribution in [0.4, 0.5) is 4.79 Å². The van der Waals surface area contributed by atoms with E-state index in [1.165, 1.54) is 11.9 Å². The predicted octanol–water partition coefficient (Wildman–Crippen LogP) is -1.94. The number of hydrogen-bond donors (Lipinski definition) is 2. The molecule has 1 rings (SSSR count). The van der Waals surface area contributed by atoms with Crippen LogP contribution in [0.3, 0.4) is 0 Å². The number of nitrogens with two attached hydrogens (primary N) is 1. The molecule has 1 heterocycles. The van der Waals surface area contributed by atoms with E-state index in [-0.39, 0.29) is 25.6 Å². The standard InChI is InChI=1S/C9H15N3O5/c1-12(7(13)2-10)4-8(14)16-5-6-3-11-9(15)17-6/h6H,2-5,10H2,1H3,(H,11,15)/t6-/m0/s1. The number of amides is 2. The molecule has 0 aromatic heterocycles. The van der Waals surface area contributed by atoms with Crippen molar-refractivity contribution in [2.45, 2.75) is 6.10 Å². The van der Waals surface area contributed by atoms with Gasteiger partial charge in [-0.25, -0.2) is 4.79 Å². The smallest absolute Gasteiger partial charge is 0.407 e. The third-order valence-corrected chi connectivity index (χ3v) is 2.14. The topological polar surface area (TPSA) is 111 Å². The summed E-state index contributed by atoms with van der Waals surface area (Å²) in [5.41, 5.74) is 5.13. The summed E-state index contributed by atoms with van der Waals surface area (Å²) in [6.07, 6.45) is -0.997. The fourth-order valence-corrected chi connectivity index (χ4v) is 1.19. The maximum atomic E-state index is 11.3. The molecule has 0 aliphatic carbocycles. The van der Waals surface area contributed by atoms with Gasteiger partial charge in [0.05, 0.1) is 13.1 Å². The van der Waals surface area contributed by atoms with Gasteiger partial charge in [-0.15, -0.1) is 0 Å². The lowest BCUT2D eigenvalue weighted by molar-refractivity contribution is -0.150. The number of ether oxygens (including phenoxy) is 2. The maximum absolute atomic E-state index is 11.3. The van der Waals surface area contributed by atoms with Crippen molar-refractivity contribution in [3.8, 4) is 0 Å². The van der Waals surface area contributed by atoms with E-state index in [1.54, 1.807) is 0 Å². The zero-order chi connectivity index (χ0) is 12.8. The number of alkyl carbamates (subject to hydrolysis) is 1. The van der Waals surface area contributed by atoms with Crippen LogP contribution in [0.25, 0.3) is 0 Å². The average Bonchev–Trinajstić information content (AvgIpc) is 2.71. The summed E-state index contributed by atoms with van der Waals surface area (Å²) >= 11 is 0. The van der Waals surface area contributed by atoms with Crippen molar-refractivity contribution >= 4 is 18.0 Å². The number of likely N-dealkylation sites (N-methyl/N-ethyl adjacent to an activating group) is 1. The molecule has 1 atom stereocenters. The van der Waals surface area contributed by atoms with Crippen LogP contribution in [-0.4, -0.2) is 62.3 Å². The van der Waals surface area contributed by atoms with Crippen molar-refractivity contribution in [2.24, 2.45) is 5.73 Å². The van der Waals surface area contributed by atoms with Crippen molar-refractivity contribution in [1.29, 1.82) is 0 Å². The quantitative estimate of drug-likeness (QED) is 0.545. The Kier molecular flexibility index (Phi) is 4.70. The van der Waals surface area contributed by atoms with Crippen molar-refractivity contribution in [3.63, 3.8) is 0 Å². The van der Waals surface area contributed by atoms with Crippen molar-refractivity contribution < 1.29 is 23.9 Å². The average molecular weight is 245 g/mol. The number of rotatable bonds is 5. The van der Waals surface area contributed by atoms with Gasteiger partial charge >= 0.3 is 12.1 Å². The molecule has 0 bridgehead atoms. The second-order valence-corrected chi connectivity index (χ2v) is 3.55. The Morgan fingerprint density at radius 2 is 2.35 bits per heavy atom. The number of nitrogens with zero attached hydrogens (tertiary/aromatic N) is 1. The van der Waals surface area contributed by atoms with Gasteiger partial charge in [-0.1, -0.05) is 0 Å². The van der Waals surface area contributed by atoms with Gasteiger partial charge < -0.3 is 25.4 Å². The molecule has 1 aliphatic rings.